The Bertz CT molecular complexity index is 1220. The highest BCUT2D eigenvalue weighted by molar-refractivity contribution is 6.29. The molecule has 0 saturated heterocycles. The molecule has 2 aliphatic rings. The minimum absolute atomic E-state index is 0.0912. The predicted octanol–water partition coefficient (Wildman–Crippen LogP) is 2.61. The maximum absolute atomic E-state index is 13.1. The summed E-state index contributed by atoms with van der Waals surface area (Å²) < 4.78 is 1.58. The van der Waals surface area contributed by atoms with E-state index in [1.807, 2.05) is 6.07 Å². The highest BCUT2D eigenvalue weighted by atomic mass is 35.5. The van der Waals surface area contributed by atoms with Crippen LogP contribution in [-0.4, -0.2) is 85.0 Å². The number of hydrogen-bond donors (Lipinski definition) is 5. The fraction of sp³-hybridized carbons (Fsp3) is 0.520. The number of aliphatic hydroxyl groups is 2. The molecule has 198 valence electrons. The second kappa shape index (κ2) is 11.6. The van der Waals surface area contributed by atoms with Crippen LogP contribution < -0.4 is 16.0 Å². The van der Waals surface area contributed by atoms with Crippen molar-refractivity contribution >= 4 is 40.3 Å². The van der Waals surface area contributed by atoms with Crippen molar-refractivity contribution in [3.8, 4) is 0 Å². The van der Waals surface area contributed by atoms with Gasteiger partial charge in [-0.15, -0.1) is 5.10 Å². The Kier molecular flexibility index (Phi) is 8.04. The zero-order valence-corrected chi connectivity index (χ0v) is 21.4. The van der Waals surface area contributed by atoms with Crippen LogP contribution in [0.15, 0.2) is 30.6 Å². The molecule has 0 spiro atoms. The van der Waals surface area contributed by atoms with E-state index in [1.165, 1.54) is 12.4 Å². The summed E-state index contributed by atoms with van der Waals surface area (Å²) in [5.41, 5.74) is 2.30. The number of imidazole rings is 1. The number of aliphatic hydroxyl groups excluding tert-OH is 2. The molecule has 5 rings (SSSR count). The molecule has 3 heterocycles. The van der Waals surface area contributed by atoms with Crippen LogP contribution in [0.25, 0.3) is 5.65 Å². The minimum Gasteiger partial charge on any atom is -0.395 e. The molecule has 0 aromatic carbocycles. The lowest BCUT2D eigenvalue weighted by atomic mass is 9.90. The van der Waals surface area contributed by atoms with Gasteiger partial charge in [0.1, 0.15) is 11.0 Å². The topological polar surface area (TPSA) is 140 Å². The summed E-state index contributed by atoms with van der Waals surface area (Å²) in [6.45, 7) is 1.34. The van der Waals surface area contributed by atoms with Crippen molar-refractivity contribution < 1.29 is 15.0 Å². The number of fused-ring (bicyclic) bond motifs is 1. The number of amides is 1. The first-order chi connectivity index (χ1) is 18.0. The van der Waals surface area contributed by atoms with Crippen LogP contribution in [0.1, 0.15) is 49.0 Å². The number of hydrogen-bond acceptors (Lipinski definition) is 9. The Morgan fingerprint density at radius 2 is 1.73 bits per heavy atom. The van der Waals surface area contributed by atoms with Gasteiger partial charge in [-0.3, -0.25) is 9.69 Å². The summed E-state index contributed by atoms with van der Waals surface area (Å²) in [4.78, 5) is 23.7. The van der Waals surface area contributed by atoms with Gasteiger partial charge in [0.25, 0.3) is 5.91 Å². The van der Waals surface area contributed by atoms with Gasteiger partial charge in [-0.1, -0.05) is 11.6 Å². The summed E-state index contributed by atoms with van der Waals surface area (Å²) in [5, 5.41) is 33.7. The van der Waals surface area contributed by atoms with Gasteiger partial charge in [-0.25, -0.2) is 14.5 Å². The Labute approximate surface area is 220 Å². The van der Waals surface area contributed by atoms with Gasteiger partial charge in [-0.2, -0.15) is 0 Å². The number of carbonyl (C=O) groups excluding carboxylic acids is 1. The maximum atomic E-state index is 13.1. The number of aromatic nitrogens is 4. The molecule has 0 aliphatic heterocycles. The van der Waals surface area contributed by atoms with Crippen molar-refractivity contribution in [3.63, 3.8) is 0 Å². The molecule has 12 heteroatoms. The van der Waals surface area contributed by atoms with Crippen molar-refractivity contribution in [1.29, 1.82) is 0 Å². The van der Waals surface area contributed by atoms with E-state index in [4.69, 9.17) is 16.7 Å². The van der Waals surface area contributed by atoms with Crippen LogP contribution in [0.5, 0.6) is 0 Å². The third-order valence-electron chi connectivity index (χ3n) is 6.96. The monoisotopic (exact) mass is 528 g/mol. The van der Waals surface area contributed by atoms with Gasteiger partial charge in [0.2, 0.25) is 0 Å². The Hall–Kier alpha value is -2.99. The van der Waals surface area contributed by atoms with Gasteiger partial charge >= 0.3 is 0 Å². The van der Waals surface area contributed by atoms with E-state index in [9.17, 15) is 15.0 Å². The van der Waals surface area contributed by atoms with Gasteiger partial charge in [0.15, 0.2) is 11.3 Å². The standard InChI is InChI=1S/C25H33ClN8O3/c26-22-13-18(7-8-27-22)31-25(37)21-15-28-24-20(29-16-1-2-16)14-23(32-34(21)24)30-17-3-5-19(6-4-17)33(9-11-35)10-12-36/h7-8,13-17,19,29,35-36H,1-6,9-12H2,(H,30,32)(H,27,31,37)/t17-,19-. The molecule has 37 heavy (non-hydrogen) atoms. The van der Waals surface area contributed by atoms with Crippen LogP contribution in [0, 0.1) is 0 Å². The van der Waals surface area contributed by atoms with Crippen molar-refractivity contribution in [2.75, 3.05) is 42.3 Å². The number of pyridine rings is 1. The number of nitrogens with zero attached hydrogens (tertiary/aromatic N) is 5. The van der Waals surface area contributed by atoms with E-state index in [0.717, 1.165) is 44.2 Å². The normalized spacial score (nSPS) is 19.8. The molecule has 11 nitrogen and oxygen atoms in total. The second-order valence-corrected chi connectivity index (χ2v) is 10.1. The molecule has 0 bridgehead atoms. The Balaban J connectivity index is 1.33. The SMILES string of the molecule is O=C(Nc1ccnc(Cl)c1)c1cnc2c(NC3CC3)cc(N[C@H]3CC[C@H](N(CCO)CCO)CC3)nn12. The summed E-state index contributed by atoms with van der Waals surface area (Å²) >= 11 is 5.96. The summed E-state index contributed by atoms with van der Waals surface area (Å²) in [6.07, 6.45) is 9.12. The highest BCUT2D eigenvalue weighted by Gasteiger charge is 2.27. The van der Waals surface area contributed by atoms with Gasteiger partial charge in [-0.05, 0) is 50.7 Å². The van der Waals surface area contributed by atoms with E-state index in [0.29, 0.717) is 53.2 Å². The number of rotatable bonds is 11. The van der Waals surface area contributed by atoms with E-state index in [1.54, 1.807) is 16.6 Å². The Morgan fingerprint density at radius 3 is 2.41 bits per heavy atom. The van der Waals surface area contributed by atoms with Crippen molar-refractivity contribution in [1.82, 2.24) is 24.5 Å². The Morgan fingerprint density at radius 1 is 1.03 bits per heavy atom. The van der Waals surface area contributed by atoms with E-state index in [2.05, 4.69) is 30.8 Å². The molecule has 0 unspecified atom stereocenters. The largest absolute Gasteiger partial charge is 0.395 e. The first-order valence-corrected chi connectivity index (χ1v) is 13.2. The molecule has 2 saturated carbocycles. The first kappa shape index (κ1) is 25.7. The first-order valence-electron chi connectivity index (χ1n) is 12.8. The maximum Gasteiger partial charge on any atom is 0.276 e. The van der Waals surface area contributed by atoms with Crippen LogP contribution in [0.4, 0.5) is 17.2 Å². The molecule has 3 aromatic rings. The molecule has 1 amide bonds. The number of halogens is 1. The second-order valence-electron chi connectivity index (χ2n) is 9.70. The molecule has 2 aliphatic carbocycles. The quantitative estimate of drug-likeness (QED) is 0.237. The van der Waals surface area contributed by atoms with Gasteiger partial charge in [0, 0.05) is 49.2 Å². The average molecular weight is 529 g/mol. The molecule has 5 N–H and O–H groups in total. The van der Waals surface area contributed by atoms with E-state index in [-0.39, 0.29) is 25.2 Å². The lowest BCUT2D eigenvalue weighted by Crippen LogP contribution is -2.43. The third-order valence-corrected chi connectivity index (χ3v) is 7.17. The van der Waals surface area contributed by atoms with Crippen molar-refractivity contribution in [2.24, 2.45) is 0 Å². The van der Waals surface area contributed by atoms with Crippen LogP contribution in [0.2, 0.25) is 5.15 Å². The lowest BCUT2D eigenvalue weighted by Gasteiger charge is -2.36. The third kappa shape index (κ3) is 6.30. The average Bonchev–Trinajstić information content (AvgIpc) is 3.59. The van der Waals surface area contributed by atoms with Crippen molar-refractivity contribution in [3.05, 3.63) is 41.4 Å². The molecule has 0 atom stereocenters. The molecular weight excluding hydrogens is 496 g/mol. The lowest BCUT2D eigenvalue weighted by molar-refractivity contribution is 0.0992. The van der Waals surface area contributed by atoms with Gasteiger partial charge in [0.05, 0.1) is 25.1 Å². The number of nitrogens with one attached hydrogen (secondary N) is 3. The smallest absolute Gasteiger partial charge is 0.276 e. The fourth-order valence-corrected chi connectivity index (χ4v) is 5.13. The number of carbonyl (C=O) groups is 1. The van der Waals surface area contributed by atoms with Crippen LogP contribution in [0.3, 0.4) is 0 Å². The fourth-order valence-electron chi connectivity index (χ4n) is 4.95. The zero-order chi connectivity index (χ0) is 25.8. The molecular formula is C25H33ClN8O3. The molecule has 3 aromatic heterocycles. The summed E-state index contributed by atoms with van der Waals surface area (Å²) in [7, 11) is 0. The number of anilines is 3. The zero-order valence-electron chi connectivity index (χ0n) is 20.6. The van der Waals surface area contributed by atoms with Crippen molar-refractivity contribution in [2.45, 2.75) is 56.7 Å². The van der Waals surface area contributed by atoms with E-state index >= 15 is 0 Å². The van der Waals surface area contributed by atoms with Gasteiger partial charge < -0.3 is 26.2 Å². The predicted molar refractivity (Wildman–Crippen MR) is 142 cm³/mol. The summed E-state index contributed by atoms with van der Waals surface area (Å²) in [5.74, 6) is 0.339. The molecule has 2 fully saturated rings. The summed E-state index contributed by atoms with van der Waals surface area (Å²) in [6, 6.07) is 6.23. The van der Waals surface area contributed by atoms with E-state index < -0.39 is 0 Å². The van der Waals surface area contributed by atoms with Crippen LogP contribution in [-0.2, 0) is 0 Å². The van der Waals surface area contributed by atoms with Crippen LogP contribution >= 0.6 is 11.6 Å². The highest BCUT2D eigenvalue weighted by Crippen LogP contribution is 2.30. The molecule has 0 radical (unpaired) electrons. The minimum atomic E-state index is -0.342.